The van der Waals surface area contributed by atoms with Crippen LogP contribution in [0.1, 0.15) is 43.7 Å². The van der Waals surface area contributed by atoms with Crippen molar-refractivity contribution in [1.29, 1.82) is 0 Å². The monoisotopic (exact) mass is 270 g/mol. The van der Waals surface area contributed by atoms with Crippen LogP contribution in [0.3, 0.4) is 0 Å². The van der Waals surface area contributed by atoms with E-state index in [1.807, 2.05) is 0 Å². The Balaban J connectivity index is 2.76. The summed E-state index contributed by atoms with van der Waals surface area (Å²) < 4.78 is 37.1. The third kappa shape index (κ3) is 5.28. The first-order valence-electron chi connectivity index (χ1n) is 6.30. The summed E-state index contributed by atoms with van der Waals surface area (Å²) in [7, 11) is 0. The molecule has 1 nitrogen and oxygen atoms in total. The highest BCUT2D eigenvalue weighted by molar-refractivity contribution is 5.81. The minimum Gasteiger partial charge on any atom is -0.298 e. The molecule has 0 bridgehead atoms. The van der Waals surface area contributed by atoms with Gasteiger partial charge in [0.1, 0.15) is 6.29 Å². The highest BCUT2D eigenvalue weighted by atomic mass is 19.4. The first-order valence-corrected chi connectivity index (χ1v) is 6.30. The molecule has 0 amide bonds. The number of benzene rings is 1. The maximum Gasteiger partial charge on any atom is 0.416 e. The van der Waals surface area contributed by atoms with Crippen molar-refractivity contribution >= 4 is 12.4 Å². The molecular weight excluding hydrogens is 253 g/mol. The fourth-order valence-electron chi connectivity index (χ4n) is 1.73. The molecule has 0 unspecified atom stereocenters. The minimum absolute atomic E-state index is 0.617. The van der Waals surface area contributed by atoms with Crippen LogP contribution in [0.25, 0.3) is 6.08 Å². The fourth-order valence-corrected chi connectivity index (χ4v) is 1.73. The van der Waals surface area contributed by atoms with E-state index in [1.165, 1.54) is 12.1 Å². The third-order valence-electron chi connectivity index (χ3n) is 2.81. The van der Waals surface area contributed by atoms with Crippen LogP contribution < -0.4 is 0 Å². The predicted octanol–water partition coefficient (Wildman–Crippen LogP) is 4.87. The average molecular weight is 270 g/mol. The summed E-state index contributed by atoms with van der Waals surface area (Å²) in [6.07, 6.45) is 1.78. The Morgan fingerprint density at radius 3 is 2.26 bits per heavy atom. The molecular formula is C15H17F3O. The van der Waals surface area contributed by atoms with Gasteiger partial charge in [-0.05, 0) is 42.2 Å². The van der Waals surface area contributed by atoms with Crippen LogP contribution in [0.15, 0.2) is 29.8 Å². The molecule has 0 radical (unpaired) electrons. The van der Waals surface area contributed by atoms with E-state index < -0.39 is 11.7 Å². The molecule has 1 aromatic rings. The van der Waals surface area contributed by atoms with Crippen LogP contribution in [0, 0.1) is 0 Å². The predicted molar refractivity (Wildman–Crippen MR) is 69.6 cm³/mol. The van der Waals surface area contributed by atoms with Crippen molar-refractivity contribution in [3.63, 3.8) is 0 Å². The molecule has 0 heterocycles. The Kier molecular flexibility index (Phi) is 5.80. The first kappa shape index (κ1) is 15.5. The van der Waals surface area contributed by atoms with Crippen molar-refractivity contribution in [1.82, 2.24) is 0 Å². The molecule has 0 N–H and O–H groups in total. The van der Waals surface area contributed by atoms with Gasteiger partial charge in [-0.2, -0.15) is 13.2 Å². The molecule has 104 valence electrons. The second-order valence-electron chi connectivity index (χ2n) is 4.41. The number of halogens is 3. The number of carbonyl (C=O) groups is 1. The molecule has 0 saturated heterocycles. The lowest BCUT2D eigenvalue weighted by atomic mass is 10.0. The summed E-state index contributed by atoms with van der Waals surface area (Å²) in [6.45, 7) is 2.07. The maximum absolute atomic E-state index is 12.4. The van der Waals surface area contributed by atoms with Crippen LogP contribution in [0.4, 0.5) is 13.2 Å². The Morgan fingerprint density at radius 2 is 1.79 bits per heavy atom. The van der Waals surface area contributed by atoms with Gasteiger partial charge in [0.25, 0.3) is 0 Å². The van der Waals surface area contributed by atoms with Crippen molar-refractivity contribution in [3.05, 3.63) is 41.0 Å². The zero-order valence-electron chi connectivity index (χ0n) is 10.8. The van der Waals surface area contributed by atoms with Crippen molar-refractivity contribution < 1.29 is 18.0 Å². The van der Waals surface area contributed by atoms with Gasteiger partial charge in [-0.3, -0.25) is 4.79 Å². The fraction of sp³-hybridized carbons (Fsp3) is 0.400. The molecule has 0 aromatic heterocycles. The molecule has 0 aliphatic rings. The number of carbonyl (C=O) groups excluding carboxylic acids is 1. The summed E-state index contributed by atoms with van der Waals surface area (Å²) in [5, 5.41) is 0. The van der Waals surface area contributed by atoms with Crippen molar-refractivity contribution in [2.24, 2.45) is 0 Å². The third-order valence-corrected chi connectivity index (χ3v) is 2.81. The van der Waals surface area contributed by atoms with Gasteiger partial charge in [-0.1, -0.05) is 31.9 Å². The van der Waals surface area contributed by atoms with Crippen molar-refractivity contribution in [2.45, 2.75) is 38.8 Å². The zero-order chi connectivity index (χ0) is 14.3. The normalized spacial score (nSPS) is 12.5. The standard InChI is InChI=1S/C15H17F3O/c1-2-3-4-5-13(11-19)10-12-6-8-14(9-7-12)15(16,17)18/h6-11H,2-5H2,1H3/b13-10+. The number of rotatable bonds is 6. The van der Waals surface area contributed by atoms with Crippen LogP contribution in [-0.4, -0.2) is 6.29 Å². The average Bonchev–Trinajstić information content (AvgIpc) is 2.37. The van der Waals surface area contributed by atoms with E-state index in [-0.39, 0.29) is 0 Å². The van der Waals surface area contributed by atoms with E-state index in [9.17, 15) is 18.0 Å². The van der Waals surface area contributed by atoms with Gasteiger partial charge >= 0.3 is 6.18 Å². The number of unbranched alkanes of at least 4 members (excludes halogenated alkanes) is 2. The highest BCUT2D eigenvalue weighted by Crippen LogP contribution is 2.29. The van der Waals surface area contributed by atoms with Gasteiger partial charge in [-0.15, -0.1) is 0 Å². The summed E-state index contributed by atoms with van der Waals surface area (Å²) in [5.74, 6) is 0. The van der Waals surface area contributed by atoms with Gasteiger partial charge < -0.3 is 0 Å². The van der Waals surface area contributed by atoms with Gasteiger partial charge in [-0.25, -0.2) is 0 Å². The lowest BCUT2D eigenvalue weighted by Gasteiger charge is -2.06. The summed E-state index contributed by atoms with van der Waals surface area (Å²) in [5.41, 5.74) is 0.558. The van der Waals surface area contributed by atoms with Gasteiger partial charge in [0.2, 0.25) is 0 Å². The molecule has 1 rings (SSSR count). The van der Waals surface area contributed by atoms with E-state index >= 15 is 0 Å². The quantitative estimate of drug-likeness (QED) is 0.409. The van der Waals surface area contributed by atoms with Crippen LogP contribution >= 0.6 is 0 Å². The molecule has 0 aliphatic carbocycles. The Hall–Kier alpha value is -1.58. The Bertz CT molecular complexity index is 430. The van der Waals surface area contributed by atoms with E-state index in [2.05, 4.69) is 6.92 Å². The van der Waals surface area contributed by atoms with Crippen LogP contribution in [-0.2, 0) is 11.0 Å². The summed E-state index contributed by atoms with van der Waals surface area (Å²) in [4.78, 5) is 10.9. The highest BCUT2D eigenvalue weighted by Gasteiger charge is 2.29. The number of alkyl halides is 3. The van der Waals surface area contributed by atoms with E-state index in [1.54, 1.807) is 6.08 Å². The van der Waals surface area contributed by atoms with Crippen LogP contribution in [0.2, 0.25) is 0 Å². The maximum atomic E-state index is 12.4. The van der Waals surface area contributed by atoms with Crippen molar-refractivity contribution in [2.75, 3.05) is 0 Å². The Labute approximate surface area is 111 Å². The first-order chi connectivity index (χ1) is 8.97. The molecule has 0 saturated carbocycles. The molecule has 0 fully saturated rings. The van der Waals surface area contributed by atoms with E-state index in [4.69, 9.17) is 0 Å². The molecule has 0 aliphatic heterocycles. The molecule has 0 atom stereocenters. The van der Waals surface area contributed by atoms with Gasteiger partial charge in [0, 0.05) is 0 Å². The number of allylic oxidation sites excluding steroid dienone is 1. The van der Waals surface area contributed by atoms with Crippen molar-refractivity contribution in [3.8, 4) is 0 Å². The van der Waals surface area contributed by atoms with Gasteiger partial charge in [0.05, 0.1) is 5.56 Å². The number of hydrogen-bond acceptors (Lipinski definition) is 1. The Morgan fingerprint density at radius 1 is 1.16 bits per heavy atom. The molecule has 4 heteroatoms. The van der Waals surface area contributed by atoms with E-state index in [0.29, 0.717) is 17.6 Å². The minimum atomic E-state index is -4.32. The van der Waals surface area contributed by atoms with Crippen LogP contribution in [0.5, 0.6) is 0 Å². The van der Waals surface area contributed by atoms with Gasteiger partial charge in [0.15, 0.2) is 0 Å². The SMILES string of the molecule is CCCCC/C(C=O)=C\c1ccc(C(F)(F)F)cc1. The molecule has 0 spiro atoms. The second-order valence-corrected chi connectivity index (χ2v) is 4.41. The molecule has 1 aromatic carbocycles. The lowest BCUT2D eigenvalue weighted by Crippen LogP contribution is -2.04. The summed E-state index contributed by atoms with van der Waals surface area (Å²) >= 11 is 0. The molecule has 19 heavy (non-hydrogen) atoms. The summed E-state index contributed by atoms with van der Waals surface area (Å²) in [6, 6.07) is 4.82. The lowest BCUT2D eigenvalue weighted by molar-refractivity contribution is -0.137. The zero-order valence-corrected chi connectivity index (χ0v) is 10.8. The smallest absolute Gasteiger partial charge is 0.298 e. The number of aldehydes is 1. The topological polar surface area (TPSA) is 17.1 Å². The second kappa shape index (κ2) is 7.12. The van der Waals surface area contributed by atoms with E-state index in [0.717, 1.165) is 37.7 Å². The number of hydrogen-bond donors (Lipinski definition) is 0. The largest absolute Gasteiger partial charge is 0.416 e.